The number of amides is 1. The highest BCUT2D eigenvalue weighted by Crippen LogP contribution is 2.36. The lowest BCUT2D eigenvalue weighted by Gasteiger charge is -2.26. The van der Waals surface area contributed by atoms with Gasteiger partial charge in [0.25, 0.3) is 10.0 Å². The number of nitrogens with zero attached hydrogens (tertiary/aromatic N) is 4. The molecule has 37 heavy (non-hydrogen) atoms. The van der Waals surface area contributed by atoms with Crippen molar-refractivity contribution in [3.63, 3.8) is 0 Å². The second-order valence-corrected chi connectivity index (χ2v) is 11.9. The third-order valence-corrected chi connectivity index (χ3v) is 9.35. The van der Waals surface area contributed by atoms with Crippen molar-refractivity contribution in [2.75, 3.05) is 0 Å². The summed E-state index contributed by atoms with van der Waals surface area (Å²) in [6, 6.07) is 1.27. The fourth-order valence-electron chi connectivity index (χ4n) is 3.79. The number of carbonyl (C=O) groups excluding carboxylic acids is 1. The molecule has 0 radical (unpaired) electrons. The van der Waals surface area contributed by atoms with E-state index in [-0.39, 0.29) is 25.4 Å². The van der Waals surface area contributed by atoms with Crippen molar-refractivity contribution in [2.45, 2.75) is 48.5 Å². The van der Waals surface area contributed by atoms with Crippen LogP contribution in [0.3, 0.4) is 0 Å². The third-order valence-electron chi connectivity index (χ3n) is 5.65. The van der Waals surface area contributed by atoms with Gasteiger partial charge < -0.3 is 5.32 Å². The molecule has 0 unspecified atom stereocenters. The van der Waals surface area contributed by atoms with Crippen LogP contribution >= 0.6 is 22.9 Å². The van der Waals surface area contributed by atoms with E-state index < -0.39 is 65.0 Å². The number of sulfonamides is 1. The number of alkyl halides is 4. The summed E-state index contributed by atoms with van der Waals surface area (Å²) in [5, 5.41) is 2.41. The summed E-state index contributed by atoms with van der Waals surface area (Å²) in [4.78, 5) is 23.2. The Kier molecular flexibility index (Phi) is 7.52. The first-order chi connectivity index (χ1) is 17.3. The highest BCUT2D eigenvalue weighted by atomic mass is 35.5. The van der Waals surface area contributed by atoms with Crippen molar-refractivity contribution in [1.29, 1.82) is 0 Å². The van der Waals surface area contributed by atoms with Gasteiger partial charge in [-0.2, -0.15) is 17.5 Å². The van der Waals surface area contributed by atoms with E-state index in [1.165, 1.54) is 25.1 Å². The van der Waals surface area contributed by atoms with E-state index in [0.29, 0.717) is 0 Å². The van der Waals surface area contributed by atoms with Crippen molar-refractivity contribution in [3.8, 4) is 11.3 Å². The van der Waals surface area contributed by atoms with Gasteiger partial charge in [0.15, 0.2) is 0 Å². The smallest absolute Gasteiger partial charge is 0.351 e. The van der Waals surface area contributed by atoms with Crippen LogP contribution in [-0.2, 0) is 27.5 Å². The Balaban J connectivity index is 1.53. The summed E-state index contributed by atoms with van der Waals surface area (Å²) in [5.41, 5.74) is 0.00865. The summed E-state index contributed by atoms with van der Waals surface area (Å²) in [7, 11) is -4.25. The van der Waals surface area contributed by atoms with E-state index in [0.717, 1.165) is 34.2 Å². The molecule has 1 N–H and O–H groups in total. The summed E-state index contributed by atoms with van der Waals surface area (Å²) in [6.07, 6.45) is -4.21. The third kappa shape index (κ3) is 5.58. The van der Waals surface area contributed by atoms with Gasteiger partial charge in [0.2, 0.25) is 11.7 Å². The molecule has 0 spiro atoms. The predicted octanol–water partition coefficient (Wildman–Crippen LogP) is 4.22. The zero-order valence-corrected chi connectivity index (χ0v) is 21.1. The Hall–Kier alpha value is -2.75. The molecule has 198 valence electrons. The van der Waals surface area contributed by atoms with Crippen molar-refractivity contribution < 1.29 is 35.2 Å². The Morgan fingerprint density at radius 3 is 2.49 bits per heavy atom. The van der Waals surface area contributed by atoms with Crippen LogP contribution in [0.25, 0.3) is 11.3 Å². The molecule has 3 atom stereocenters. The lowest BCUT2D eigenvalue weighted by molar-refractivity contribution is -0.145. The zero-order chi connectivity index (χ0) is 27.1. The summed E-state index contributed by atoms with van der Waals surface area (Å²) >= 11 is 6.60. The quantitative estimate of drug-likeness (QED) is 0.437. The SMILES string of the molecule is C[C@H]1[C@H](F)C[C@@H](C(=O)NCc2cc(-c3cnc(C(F)(F)F)nc3)ncc2F)N1S(=O)(=O)c1ccc(Cl)s1. The van der Waals surface area contributed by atoms with Crippen molar-refractivity contribution in [1.82, 2.24) is 24.6 Å². The fraction of sp³-hybridized carbons (Fsp3) is 0.333. The number of nitrogens with one attached hydrogen (secondary N) is 1. The second kappa shape index (κ2) is 10.2. The van der Waals surface area contributed by atoms with Crippen LogP contribution in [0.1, 0.15) is 24.7 Å². The maximum atomic E-state index is 14.5. The maximum Gasteiger partial charge on any atom is 0.451 e. The Morgan fingerprint density at radius 1 is 1.22 bits per heavy atom. The van der Waals surface area contributed by atoms with Crippen LogP contribution < -0.4 is 5.32 Å². The number of pyridine rings is 1. The molecular weight excluding hydrogens is 565 g/mol. The zero-order valence-electron chi connectivity index (χ0n) is 18.7. The molecule has 1 fully saturated rings. The van der Waals surface area contributed by atoms with Crippen molar-refractivity contribution >= 4 is 38.9 Å². The first kappa shape index (κ1) is 27.3. The van der Waals surface area contributed by atoms with Gasteiger partial charge in [-0.1, -0.05) is 11.6 Å². The maximum absolute atomic E-state index is 14.5. The molecular formula is C21H17ClF5N5O3S2. The van der Waals surface area contributed by atoms with Crippen LogP contribution in [0.15, 0.2) is 41.0 Å². The lowest BCUT2D eigenvalue weighted by Crippen LogP contribution is -2.48. The number of hydrogen-bond donors (Lipinski definition) is 1. The molecule has 0 saturated carbocycles. The average molecular weight is 582 g/mol. The molecule has 8 nitrogen and oxygen atoms in total. The number of thiophene rings is 1. The largest absolute Gasteiger partial charge is 0.451 e. The van der Waals surface area contributed by atoms with Crippen LogP contribution in [0.5, 0.6) is 0 Å². The van der Waals surface area contributed by atoms with Crippen molar-refractivity contribution in [2.24, 2.45) is 0 Å². The first-order valence-corrected chi connectivity index (χ1v) is 13.2. The molecule has 1 aliphatic rings. The van der Waals surface area contributed by atoms with E-state index in [4.69, 9.17) is 11.6 Å². The lowest BCUT2D eigenvalue weighted by atomic mass is 10.1. The minimum absolute atomic E-state index is 0.0384. The fourth-order valence-corrected chi connectivity index (χ4v) is 7.18. The van der Waals surface area contributed by atoms with Crippen LogP contribution in [0.4, 0.5) is 22.0 Å². The predicted molar refractivity (Wildman–Crippen MR) is 123 cm³/mol. The van der Waals surface area contributed by atoms with E-state index in [1.54, 1.807) is 0 Å². The van der Waals surface area contributed by atoms with E-state index in [9.17, 15) is 35.2 Å². The van der Waals surface area contributed by atoms with Gasteiger partial charge in [-0.25, -0.2) is 27.2 Å². The monoisotopic (exact) mass is 581 g/mol. The average Bonchev–Trinajstić information content (AvgIpc) is 3.41. The standard InChI is InChI=1S/C21H17ClF5N5O3S2/c1-10-13(23)5-16(32(10)37(34,35)18-3-2-17(22)36-18)19(33)29-6-11-4-15(28-9-14(11)24)12-7-30-20(31-8-12)21(25,26)27/h2-4,7-10,13,16H,5-6H2,1H3,(H,29,33)/t10-,13+,16-/m0/s1. The molecule has 4 rings (SSSR count). The van der Waals surface area contributed by atoms with Crippen LogP contribution in [0, 0.1) is 5.82 Å². The van der Waals surface area contributed by atoms with Crippen molar-refractivity contribution in [3.05, 3.63) is 58.3 Å². The Morgan fingerprint density at radius 2 is 1.89 bits per heavy atom. The van der Waals surface area contributed by atoms with Gasteiger partial charge in [-0.05, 0) is 25.1 Å². The highest BCUT2D eigenvalue weighted by molar-refractivity contribution is 7.91. The molecule has 0 aromatic carbocycles. The topological polar surface area (TPSA) is 105 Å². The minimum Gasteiger partial charge on any atom is -0.351 e. The highest BCUT2D eigenvalue weighted by Gasteiger charge is 2.49. The van der Waals surface area contributed by atoms with Gasteiger partial charge in [0.1, 0.15) is 22.2 Å². The molecule has 4 heterocycles. The summed E-state index contributed by atoms with van der Waals surface area (Å²) < 4.78 is 94.0. The van der Waals surface area contributed by atoms with E-state index >= 15 is 0 Å². The number of halogens is 6. The van der Waals surface area contributed by atoms with Crippen LogP contribution in [-0.4, -0.2) is 51.8 Å². The van der Waals surface area contributed by atoms with E-state index in [2.05, 4.69) is 20.3 Å². The first-order valence-electron chi connectivity index (χ1n) is 10.5. The summed E-state index contributed by atoms with van der Waals surface area (Å²) in [5.74, 6) is -3.04. The minimum atomic E-state index is -4.74. The number of hydrogen-bond acceptors (Lipinski definition) is 7. The molecule has 3 aromatic heterocycles. The van der Waals surface area contributed by atoms with E-state index in [1.807, 2.05) is 0 Å². The van der Waals surface area contributed by atoms with Gasteiger partial charge in [0.05, 0.1) is 22.3 Å². The van der Waals surface area contributed by atoms with Gasteiger partial charge in [-0.15, -0.1) is 11.3 Å². The van der Waals surface area contributed by atoms with Gasteiger partial charge in [0, 0.05) is 36.5 Å². The van der Waals surface area contributed by atoms with Gasteiger partial charge in [-0.3, -0.25) is 9.78 Å². The number of aromatic nitrogens is 3. The molecule has 16 heteroatoms. The molecule has 1 aliphatic heterocycles. The van der Waals surface area contributed by atoms with Gasteiger partial charge >= 0.3 is 6.18 Å². The molecule has 0 bridgehead atoms. The second-order valence-electron chi connectivity index (χ2n) is 8.07. The Labute approximate surface area is 216 Å². The molecule has 1 amide bonds. The normalized spacial score (nSPS) is 20.8. The molecule has 1 saturated heterocycles. The summed E-state index contributed by atoms with van der Waals surface area (Å²) in [6.45, 7) is 0.911. The number of carbonyl (C=O) groups is 1. The molecule has 3 aromatic rings. The Bertz CT molecular complexity index is 1420. The number of rotatable bonds is 6. The molecule has 0 aliphatic carbocycles. The van der Waals surface area contributed by atoms with Crippen LogP contribution in [0.2, 0.25) is 4.34 Å².